The van der Waals surface area contributed by atoms with Crippen LogP contribution in [0.2, 0.25) is 0 Å². The molecule has 3 aromatic carbocycles. The van der Waals surface area contributed by atoms with Gasteiger partial charge in [0, 0.05) is 49.7 Å². The molecule has 1 aliphatic rings. The van der Waals surface area contributed by atoms with Crippen LogP contribution in [-0.2, 0) is 9.84 Å². The van der Waals surface area contributed by atoms with E-state index in [1.165, 1.54) is 17.5 Å². The number of anilines is 1. The van der Waals surface area contributed by atoms with Crippen LogP contribution >= 0.6 is 0 Å². The number of aromatic amines is 1. The van der Waals surface area contributed by atoms with Gasteiger partial charge in [0.05, 0.1) is 15.9 Å². The van der Waals surface area contributed by atoms with Crippen molar-refractivity contribution in [2.75, 3.05) is 37.3 Å². The number of H-pyrrole nitrogens is 1. The van der Waals surface area contributed by atoms with Gasteiger partial charge in [0.1, 0.15) is 5.82 Å². The molecule has 0 bridgehead atoms. The van der Waals surface area contributed by atoms with E-state index in [1.807, 2.05) is 0 Å². The maximum atomic E-state index is 11.8. The average molecular weight is 489 g/mol. The number of hydrogen-bond donors (Lipinski definition) is 1. The van der Waals surface area contributed by atoms with E-state index in [2.05, 4.69) is 72.0 Å². The SMILES string of the molecule is Cc1cc(-c2ccc(N3CCN(C(C)C)CC3)cc2)cc2[nH]c(-c3ccc(S(C)(=O)=O)cc3)nc12. The highest BCUT2D eigenvalue weighted by Crippen LogP contribution is 2.30. The number of rotatable bonds is 5. The summed E-state index contributed by atoms with van der Waals surface area (Å²) in [5.74, 6) is 0.733. The second kappa shape index (κ2) is 9.13. The number of hydrogen-bond acceptors (Lipinski definition) is 5. The highest BCUT2D eigenvalue weighted by Gasteiger charge is 2.19. The molecule has 0 atom stereocenters. The summed E-state index contributed by atoms with van der Waals surface area (Å²) in [5.41, 5.74) is 7.45. The van der Waals surface area contributed by atoms with Gasteiger partial charge >= 0.3 is 0 Å². The highest BCUT2D eigenvalue weighted by atomic mass is 32.2. The van der Waals surface area contributed by atoms with Gasteiger partial charge in [-0.15, -0.1) is 0 Å². The van der Waals surface area contributed by atoms with Gasteiger partial charge in [0.25, 0.3) is 0 Å². The van der Waals surface area contributed by atoms with Gasteiger partial charge < -0.3 is 9.88 Å². The zero-order chi connectivity index (χ0) is 24.7. The van der Waals surface area contributed by atoms with Crippen LogP contribution in [0.25, 0.3) is 33.5 Å². The number of nitrogens with one attached hydrogen (secondary N) is 1. The molecule has 0 spiro atoms. The number of imidazole rings is 1. The second-order valence-electron chi connectivity index (χ2n) is 9.73. The molecular formula is C28H32N4O2S. The van der Waals surface area contributed by atoms with Gasteiger partial charge in [-0.05, 0) is 86.0 Å². The van der Waals surface area contributed by atoms with Crippen molar-refractivity contribution in [3.63, 3.8) is 0 Å². The molecule has 35 heavy (non-hydrogen) atoms. The maximum absolute atomic E-state index is 11.8. The molecule has 1 aromatic heterocycles. The molecule has 1 aliphatic heterocycles. The third kappa shape index (κ3) is 4.83. The maximum Gasteiger partial charge on any atom is 0.175 e. The third-order valence-corrected chi connectivity index (χ3v) is 8.07. The number of benzene rings is 3. The lowest BCUT2D eigenvalue weighted by Crippen LogP contribution is -2.48. The van der Waals surface area contributed by atoms with Crippen molar-refractivity contribution in [2.45, 2.75) is 31.7 Å². The van der Waals surface area contributed by atoms with Gasteiger partial charge in [-0.3, -0.25) is 4.90 Å². The van der Waals surface area contributed by atoms with Crippen LogP contribution in [0.3, 0.4) is 0 Å². The minimum absolute atomic E-state index is 0.307. The molecule has 182 valence electrons. The van der Waals surface area contributed by atoms with E-state index in [0.717, 1.165) is 59.7 Å². The van der Waals surface area contributed by atoms with Crippen molar-refractivity contribution in [1.29, 1.82) is 0 Å². The Balaban J connectivity index is 1.39. The number of piperazine rings is 1. The van der Waals surface area contributed by atoms with E-state index in [0.29, 0.717) is 10.9 Å². The topological polar surface area (TPSA) is 69.3 Å². The van der Waals surface area contributed by atoms with Gasteiger partial charge in [-0.25, -0.2) is 13.4 Å². The Hall–Kier alpha value is -3.16. The average Bonchev–Trinajstić information content (AvgIpc) is 3.29. The van der Waals surface area contributed by atoms with Gasteiger partial charge in [-0.1, -0.05) is 12.1 Å². The quantitative estimate of drug-likeness (QED) is 0.421. The number of nitrogens with zero attached hydrogens (tertiary/aromatic N) is 3. The molecule has 1 fully saturated rings. The molecular weight excluding hydrogens is 456 g/mol. The predicted octanol–water partition coefficient (Wildman–Crippen LogP) is 5.14. The predicted molar refractivity (Wildman–Crippen MR) is 144 cm³/mol. The molecule has 0 saturated carbocycles. The lowest BCUT2D eigenvalue weighted by atomic mass is 10.0. The molecule has 0 aliphatic carbocycles. The van der Waals surface area contributed by atoms with Crippen LogP contribution in [0.4, 0.5) is 5.69 Å². The first-order chi connectivity index (χ1) is 16.7. The Kier molecular flexibility index (Phi) is 6.15. The van der Waals surface area contributed by atoms with Crippen LogP contribution in [-0.4, -0.2) is 61.8 Å². The molecule has 0 radical (unpaired) electrons. The van der Waals surface area contributed by atoms with Crippen LogP contribution in [0.15, 0.2) is 65.6 Å². The largest absolute Gasteiger partial charge is 0.369 e. The fraction of sp³-hybridized carbons (Fsp3) is 0.321. The fourth-order valence-corrected chi connectivity index (χ4v) is 5.45. The lowest BCUT2D eigenvalue weighted by molar-refractivity contribution is 0.209. The summed E-state index contributed by atoms with van der Waals surface area (Å²) in [6, 6.07) is 20.6. The van der Waals surface area contributed by atoms with E-state index >= 15 is 0 Å². The van der Waals surface area contributed by atoms with Gasteiger partial charge in [0.2, 0.25) is 0 Å². The molecule has 2 heterocycles. The zero-order valence-electron chi connectivity index (χ0n) is 20.7. The number of sulfone groups is 1. The van der Waals surface area contributed by atoms with Crippen LogP contribution in [0.1, 0.15) is 19.4 Å². The molecule has 6 nitrogen and oxygen atoms in total. The van der Waals surface area contributed by atoms with Crippen molar-refractivity contribution in [2.24, 2.45) is 0 Å². The van der Waals surface area contributed by atoms with Crippen molar-refractivity contribution in [3.8, 4) is 22.5 Å². The van der Waals surface area contributed by atoms with Gasteiger partial charge in [0.15, 0.2) is 9.84 Å². The summed E-state index contributed by atoms with van der Waals surface area (Å²) in [4.78, 5) is 13.5. The van der Waals surface area contributed by atoms with E-state index in [1.54, 1.807) is 24.3 Å². The summed E-state index contributed by atoms with van der Waals surface area (Å²) >= 11 is 0. The monoisotopic (exact) mass is 488 g/mol. The Labute approximate surface area is 207 Å². The molecule has 7 heteroatoms. The number of aromatic nitrogens is 2. The van der Waals surface area contributed by atoms with Gasteiger partial charge in [-0.2, -0.15) is 0 Å². The van der Waals surface area contributed by atoms with Crippen molar-refractivity contribution in [1.82, 2.24) is 14.9 Å². The second-order valence-corrected chi connectivity index (χ2v) is 11.8. The van der Waals surface area contributed by atoms with Crippen molar-refractivity contribution in [3.05, 3.63) is 66.2 Å². The number of fused-ring (bicyclic) bond motifs is 1. The standard InChI is InChI=1S/C28H32N4O2S/c1-19(2)31-13-15-32(16-14-31)24-9-5-21(6-10-24)23-17-20(3)27-26(18-23)29-28(30-27)22-7-11-25(12-8-22)35(4,33)34/h5-12,17-19H,13-16H2,1-4H3,(H,29,30). The summed E-state index contributed by atoms with van der Waals surface area (Å²) in [6.45, 7) is 10.9. The first-order valence-corrected chi connectivity index (χ1v) is 14.0. The minimum Gasteiger partial charge on any atom is -0.369 e. The van der Waals surface area contributed by atoms with Crippen molar-refractivity contribution < 1.29 is 8.42 Å². The molecule has 0 unspecified atom stereocenters. The van der Waals surface area contributed by atoms with E-state index < -0.39 is 9.84 Å². The van der Waals surface area contributed by atoms with Crippen LogP contribution in [0.5, 0.6) is 0 Å². The molecule has 1 saturated heterocycles. The first kappa shape index (κ1) is 23.6. The third-order valence-electron chi connectivity index (χ3n) is 6.94. The lowest BCUT2D eigenvalue weighted by Gasteiger charge is -2.38. The summed E-state index contributed by atoms with van der Waals surface area (Å²) < 4.78 is 23.5. The van der Waals surface area contributed by atoms with Crippen LogP contribution < -0.4 is 4.90 Å². The summed E-state index contributed by atoms with van der Waals surface area (Å²) in [5, 5.41) is 0. The Bertz CT molecular complexity index is 1450. The fourth-order valence-electron chi connectivity index (χ4n) is 4.82. The Morgan fingerprint density at radius 3 is 2.09 bits per heavy atom. The smallest absolute Gasteiger partial charge is 0.175 e. The Morgan fingerprint density at radius 2 is 1.49 bits per heavy atom. The Morgan fingerprint density at radius 1 is 0.857 bits per heavy atom. The minimum atomic E-state index is -3.22. The zero-order valence-corrected chi connectivity index (χ0v) is 21.6. The van der Waals surface area contributed by atoms with E-state index in [4.69, 9.17) is 4.98 Å². The van der Waals surface area contributed by atoms with E-state index in [-0.39, 0.29) is 0 Å². The summed E-state index contributed by atoms with van der Waals surface area (Å²) in [6.07, 6.45) is 1.22. The highest BCUT2D eigenvalue weighted by molar-refractivity contribution is 7.90. The molecule has 4 aromatic rings. The first-order valence-electron chi connectivity index (χ1n) is 12.1. The molecule has 1 N–H and O–H groups in total. The normalized spacial score (nSPS) is 15.3. The van der Waals surface area contributed by atoms with Crippen LogP contribution in [0, 0.1) is 6.92 Å². The number of aryl methyl sites for hydroxylation is 1. The van der Waals surface area contributed by atoms with E-state index in [9.17, 15) is 8.42 Å². The molecule has 5 rings (SSSR count). The summed E-state index contributed by atoms with van der Waals surface area (Å²) in [7, 11) is -3.22. The van der Waals surface area contributed by atoms with Crippen molar-refractivity contribution >= 4 is 26.6 Å². The molecule has 0 amide bonds.